The molecule has 0 aromatic carbocycles. The highest BCUT2D eigenvalue weighted by molar-refractivity contribution is 6.28. The van der Waals surface area contributed by atoms with Crippen molar-refractivity contribution < 1.29 is 4.79 Å². The molecule has 0 spiro atoms. The number of hydrogen-bond acceptors (Lipinski definition) is 4. The zero-order valence-electron chi connectivity index (χ0n) is 10.2. The van der Waals surface area contributed by atoms with Gasteiger partial charge in [-0.1, -0.05) is 6.42 Å². The summed E-state index contributed by atoms with van der Waals surface area (Å²) in [4.78, 5) is 17.9. The van der Waals surface area contributed by atoms with Crippen molar-refractivity contribution in [1.82, 2.24) is 20.1 Å². The molecule has 0 aliphatic carbocycles. The molecule has 1 unspecified atom stereocenters. The van der Waals surface area contributed by atoms with Gasteiger partial charge in [0.15, 0.2) is 0 Å². The van der Waals surface area contributed by atoms with Crippen LogP contribution in [0.5, 0.6) is 0 Å². The van der Waals surface area contributed by atoms with E-state index in [-0.39, 0.29) is 17.2 Å². The molecule has 0 saturated carbocycles. The number of carbonyl (C=O) groups excluding carboxylic acids is 1. The van der Waals surface area contributed by atoms with Crippen LogP contribution in [-0.4, -0.2) is 45.1 Å². The van der Waals surface area contributed by atoms with Gasteiger partial charge in [-0.05, 0) is 24.4 Å². The number of amides is 1. The molecule has 100 valence electrons. The molecule has 1 aromatic rings. The number of likely N-dealkylation sites (tertiary alicyclic amines) is 1. The second kappa shape index (κ2) is 6.15. The SMILES string of the molecule is NC1CCCCN(C(=O)CCc2nc(Cl)n[nH]2)C1. The van der Waals surface area contributed by atoms with E-state index in [0.717, 1.165) is 25.8 Å². The van der Waals surface area contributed by atoms with E-state index < -0.39 is 0 Å². The fourth-order valence-electron chi connectivity index (χ4n) is 2.17. The Labute approximate surface area is 111 Å². The fraction of sp³-hybridized carbons (Fsp3) is 0.727. The summed E-state index contributed by atoms with van der Waals surface area (Å²) in [5.74, 6) is 0.771. The number of aromatic nitrogens is 3. The van der Waals surface area contributed by atoms with Crippen LogP contribution < -0.4 is 5.73 Å². The van der Waals surface area contributed by atoms with E-state index in [1.807, 2.05) is 4.90 Å². The molecule has 0 radical (unpaired) electrons. The van der Waals surface area contributed by atoms with Gasteiger partial charge in [-0.2, -0.15) is 0 Å². The monoisotopic (exact) mass is 271 g/mol. The van der Waals surface area contributed by atoms with Crippen LogP contribution in [0.15, 0.2) is 0 Å². The predicted molar refractivity (Wildman–Crippen MR) is 68.1 cm³/mol. The van der Waals surface area contributed by atoms with Crippen LogP contribution in [-0.2, 0) is 11.2 Å². The van der Waals surface area contributed by atoms with Gasteiger partial charge in [0, 0.05) is 32.0 Å². The maximum absolute atomic E-state index is 12.1. The van der Waals surface area contributed by atoms with E-state index in [0.29, 0.717) is 25.2 Å². The third kappa shape index (κ3) is 3.68. The molecule has 1 atom stereocenters. The highest BCUT2D eigenvalue weighted by Gasteiger charge is 2.19. The van der Waals surface area contributed by atoms with Crippen LogP contribution in [0, 0.1) is 0 Å². The van der Waals surface area contributed by atoms with Gasteiger partial charge in [-0.25, -0.2) is 4.98 Å². The fourth-order valence-corrected chi connectivity index (χ4v) is 2.31. The van der Waals surface area contributed by atoms with E-state index in [1.54, 1.807) is 0 Å². The van der Waals surface area contributed by atoms with Gasteiger partial charge in [0.2, 0.25) is 11.2 Å². The van der Waals surface area contributed by atoms with Crippen molar-refractivity contribution in [2.24, 2.45) is 5.73 Å². The van der Waals surface area contributed by atoms with Crippen LogP contribution in [0.2, 0.25) is 5.28 Å². The maximum atomic E-state index is 12.1. The third-order valence-corrected chi connectivity index (χ3v) is 3.31. The summed E-state index contributed by atoms with van der Waals surface area (Å²) >= 11 is 5.60. The first-order chi connectivity index (χ1) is 8.65. The molecule has 6 nitrogen and oxygen atoms in total. The minimum absolute atomic E-state index is 0.108. The Balaban J connectivity index is 1.83. The molecule has 1 saturated heterocycles. The number of aryl methyl sites for hydroxylation is 1. The van der Waals surface area contributed by atoms with E-state index >= 15 is 0 Å². The number of nitrogens with two attached hydrogens (primary N) is 1. The molecule has 3 N–H and O–H groups in total. The Morgan fingerprint density at radius 3 is 3.11 bits per heavy atom. The third-order valence-electron chi connectivity index (χ3n) is 3.14. The van der Waals surface area contributed by atoms with E-state index in [9.17, 15) is 4.79 Å². The van der Waals surface area contributed by atoms with Gasteiger partial charge in [0.05, 0.1) is 0 Å². The lowest BCUT2D eigenvalue weighted by molar-refractivity contribution is -0.131. The summed E-state index contributed by atoms with van der Waals surface area (Å²) < 4.78 is 0. The molecule has 1 fully saturated rings. The summed E-state index contributed by atoms with van der Waals surface area (Å²) in [6.45, 7) is 1.47. The molecule has 1 aromatic heterocycles. The number of nitrogens with zero attached hydrogens (tertiary/aromatic N) is 3. The molecule has 1 aliphatic heterocycles. The molecule has 0 bridgehead atoms. The van der Waals surface area contributed by atoms with Gasteiger partial charge < -0.3 is 10.6 Å². The normalized spacial score (nSPS) is 20.8. The number of hydrogen-bond donors (Lipinski definition) is 2. The van der Waals surface area contributed by atoms with Crippen LogP contribution in [0.3, 0.4) is 0 Å². The molecule has 18 heavy (non-hydrogen) atoms. The number of carbonyl (C=O) groups is 1. The van der Waals surface area contributed by atoms with Gasteiger partial charge in [0.25, 0.3) is 0 Å². The summed E-state index contributed by atoms with van der Waals surface area (Å²) in [7, 11) is 0. The Hall–Kier alpha value is -1.14. The minimum atomic E-state index is 0.108. The first-order valence-electron chi connectivity index (χ1n) is 6.25. The summed E-state index contributed by atoms with van der Waals surface area (Å²) in [6, 6.07) is 0.108. The van der Waals surface area contributed by atoms with Gasteiger partial charge in [-0.15, -0.1) is 5.10 Å². The van der Waals surface area contributed by atoms with E-state index in [1.165, 1.54) is 0 Å². The Morgan fingerprint density at radius 1 is 1.56 bits per heavy atom. The zero-order valence-corrected chi connectivity index (χ0v) is 11.0. The highest BCUT2D eigenvalue weighted by atomic mass is 35.5. The van der Waals surface area contributed by atoms with Crippen molar-refractivity contribution >= 4 is 17.5 Å². The first-order valence-corrected chi connectivity index (χ1v) is 6.63. The van der Waals surface area contributed by atoms with Gasteiger partial charge in [-0.3, -0.25) is 9.89 Å². The number of nitrogens with one attached hydrogen (secondary N) is 1. The largest absolute Gasteiger partial charge is 0.341 e. The number of H-pyrrole nitrogens is 1. The lowest BCUT2D eigenvalue weighted by Gasteiger charge is -2.22. The van der Waals surface area contributed by atoms with Gasteiger partial charge in [0.1, 0.15) is 5.82 Å². The Morgan fingerprint density at radius 2 is 2.39 bits per heavy atom. The second-order valence-electron chi connectivity index (χ2n) is 4.65. The topological polar surface area (TPSA) is 87.9 Å². The summed E-state index contributed by atoms with van der Waals surface area (Å²) in [5, 5.41) is 6.60. The predicted octanol–water partition coefficient (Wildman–Crippen LogP) is 0.730. The quantitative estimate of drug-likeness (QED) is 0.848. The molecular weight excluding hydrogens is 254 g/mol. The van der Waals surface area contributed by atoms with Crippen molar-refractivity contribution in [3.05, 3.63) is 11.1 Å². The lowest BCUT2D eigenvalue weighted by Crippen LogP contribution is -2.39. The molecule has 2 heterocycles. The smallest absolute Gasteiger partial charge is 0.242 e. The van der Waals surface area contributed by atoms with Crippen molar-refractivity contribution in [3.8, 4) is 0 Å². The average molecular weight is 272 g/mol. The van der Waals surface area contributed by atoms with E-state index in [4.69, 9.17) is 17.3 Å². The molecule has 1 aliphatic rings. The molecule has 1 amide bonds. The second-order valence-corrected chi connectivity index (χ2v) is 4.98. The van der Waals surface area contributed by atoms with Crippen LogP contribution in [0.25, 0.3) is 0 Å². The minimum Gasteiger partial charge on any atom is -0.341 e. The zero-order chi connectivity index (χ0) is 13.0. The molecular formula is C11H18ClN5O. The van der Waals surface area contributed by atoms with Gasteiger partial charge >= 0.3 is 0 Å². The van der Waals surface area contributed by atoms with Crippen molar-refractivity contribution in [2.75, 3.05) is 13.1 Å². The highest BCUT2D eigenvalue weighted by Crippen LogP contribution is 2.11. The summed E-state index contributed by atoms with van der Waals surface area (Å²) in [5.41, 5.74) is 5.93. The van der Waals surface area contributed by atoms with Crippen molar-refractivity contribution in [1.29, 1.82) is 0 Å². The van der Waals surface area contributed by atoms with Crippen LogP contribution in [0.1, 0.15) is 31.5 Å². The van der Waals surface area contributed by atoms with Crippen molar-refractivity contribution in [2.45, 2.75) is 38.1 Å². The standard InChI is InChI=1S/C11H18ClN5O/c12-11-14-9(15-16-11)4-5-10(18)17-6-2-1-3-8(13)7-17/h8H,1-7,13H2,(H,14,15,16). The number of rotatable bonds is 3. The first kappa shape index (κ1) is 13.3. The molecule has 2 rings (SSSR count). The van der Waals surface area contributed by atoms with Crippen LogP contribution >= 0.6 is 11.6 Å². The lowest BCUT2D eigenvalue weighted by atomic mass is 10.1. The maximum Gasteiger partial charge on any atom is 0.242 e. The van der Waals surface area contributed by atoms with E-state index in [2.05, 4.69) is 15.2 Å². The Kier molecular flexibility index (Phi) is 4.54. The number of halogens is 1. The molecule has 7 heteroatoms. The van der Waals surface area contributed by atoms with Crippen molar-refractivity contribution in [3.63, 3.8) is 0 Å². The summed E-state index contributed by atoms with van der Waals surface area (Å²) in [6.07, 6.45) is 4.08. The van der Waals surface area contributed by atoms with Crippen LogP contribution in [0.4, 0.5) is 0 Å². The number of aromatic amines is 1. The average Bonchev–Trinajstić information content (AvgIpc) is 2.63. The Bertz CT molecular complexity index is 408.